The summed E-state index contributed by atoms with van der Waals surface area (Å²) in [5.41, 5.74) is 1.11. The summed E-state index contributed by atoms with van der Waals surface area (Å²) in [6.07, 6.45) is 8.86. The summed E-state index contributed by atoms with van der Waals surface area (Å²) in [4.78, 5) is 33.2. The number of thiazole rings is 1. The average molecular weight is 364 g/mol. The Morgan fingerprint density at radius 2 is 1.96 bits per heavy atom. The highest BCUT2D eigenvalue weighted by Gasteiger charge is 2.38. The van der Waals surface area contributed by atoms with Crippen molar-refractivity contribution < 1.29 is 9.59 Å². The van der Waals surface area contributed by atoms with Gasteiger partial charge in [0.1, 0.15) is 6.04 Å². The van der Waals surface area contributed by atoms with E-state index in [0.717, 1.165) is 63.5 Å². The summed E-state index contributed by atoms with van der Waals surface area (Å²) in [5, 5.41) is 3.67. The molecule has 2 amide bonds. The van der Waals surface area contributed by atoms with Crippen LogP contribution >= 0.6 is 11.3 Å². The molecule has 1 aromatic rings. The van der Waals surface area contributed by atoms with Gasteiger partial charge in [-0.1, -0.05) is 33.1 Å². The Kier molecular flexibility index (Phi) is 6.10. The van der Waals surface area contributed by atoms with E-state index < -0.39 is 0 Å². The highest BCUT2D eigenvalue weighted by Crippen LogP contribution is 2.31. The standard InChI is InChI=1S/C19H29N3O2S/c1-3-8-14-16(4-2)25-19(20-14)21-17(23)15-11-7-12-22(15)18(24)13-9-5-6-10-13/h13,15H,3-12H2,1-2H3,(H,20,21,23). The molecule has 5 nitrogen and oxygen atoms in total. The van der Waals surface area contributed by atoms with Gasteiger partial charge in [-0.05, 0) is 38.5 Å². The third kappa shape index (κ3) is 4.05. The van der Waals surface area contributed by atoms with Crippen molar-refractivity contribution in [3.63, 3.8) is 0 Å². The van der Waals surface area contributed by atoms with Crippen LogP contribution in [0.1, 0.15) is 69.4 Å². The predicted octanol–water partition coefficient (Wildman–Crippen LogP) is 3.78. The van der Waals surface area contributed by atoms with Crippen molar-refractivity contribution in [3.8, 4) is 0 Å². The van der Waals surface area contributed by atoms with Crippen molar-refractivity contribution in [2.45, 2.75) is 77.7 Å². The van der Waals surface area contributed by atoms with Crippen molar-refractivity contribution in [1.29, 1.82) is 0 Å². The Hall–Kier alpha value is -1.43. The molecular formula is C19H29N3O2S. The van der Waals surface area contributed by atoms with E-state index in [0.29, 0.717) is 11.7 Å². The summed E-state index contributed by atoms with van der Waals surface area (Å²) in [6.45, 7) is 4.98. The number of nitrogens with zero attached hydrogens (tertiary/aromatic N) is 2. The number of likely N-dealkylation sites (tertiary alicyclic amines) is 1. The van der Waals surface area contributed by atoms with Gasteiger partial charge in [0.2, 0.25) is 11.8 Å². The number of amides is 2. The number of anilines is 1. The van der Waals surface area contributed by atoms with Crippen molar-refractivity contribution in [3.05, 3.63) is 10.6 Å². The van der Waals surface area contributed by atoms with Crippen LogP contribution in [0.5, 0.6) is 0 Å². The van der Waals surface area contributed by atoms with Gasteiger partial charge in [-0.3, -0.25) is 9.59 Å². The van der Waals surface area contributed by atoms with Crippen molar-refractivity contribution in [2.75, 3.05) is 11.9 Å². The quantitative estimate of drug-likeness (QED) is 0.837. The molecule has 25 heavy (non-hydrogen) atoms. The summed E-state index contributed by atoms with van der Waals surface area (Å²) < 4.78 is 0. The first-order valence-corrected chi connectivity index (χ1v) is 10.6. The maximum Gasteiger partial charge on any atom is 0.248 e. The highest BCUT2D eigenvalue weighted by molar-refractivity contribution is 7.15. The lowest BCUT2D eigenvalue weighted by Crippen LogP contribution is -2.45. The lowest BCUT2D eigenvalue weighted by atomic mass is 10.1. The smallest absolute Gasteiger partial charge is 0.248 e. The third-order valence-corrected chi connectivity index (χ3v) is 6.52. The van der Waals surface area contributed by atoms with E-state index in [1.807, 2.05) is 4.90 Å². The number of carbonyl (C=O) groups excluding carboxylic acids is 2. The van der Waals surface area contributed by atoms with Crippen LogP contribution < -0.4 is 5.32 Å². The van der Waals surface area contributed by atoms with E-state index in [9.17, 15) is 9.59 Å². The molecule has 6 heteroatoms. The zero-order valence-electron chi connectivity index (χ0n) is 15.3. The van der Waals surface area contributed by atoms with Gasteiger partial charge in [0.05, 0.1) is 5.69 Å². The molecule has 2 aliphatic rings. The Labute approximate surface area is 154 Å². The summed E-state index contributed by atoms with van der Waals surface area (Å²) >= 11 is 1.58. The van der Waals surface area contributed by atoms with Crippen LogP contribution in [0.3, 0.4) is 0 Å². The van der Waals surface area contributed by atoms with Gasteiger partial charge in [-0.15, -0.1) is 11.3 Å². The monoisotopic (exact) mass is 363 g/mol. The Balaban J connectivity index is 1.66. The molecule has 0 radical (unpaired) electrons. The average Bonchev–Trinajstić information content (AvgIpc) is 3.35. The molecule has 2 fully saturated rings. The van der Waals surface area contributed by atoms with E-state index in [1.54, 1.807) is 11.3 Å². The lowest BCUT2D eigenvalue weighted by molar-refractivity contribution is -0.140. The number of nitrogens with one attached hydrogen (secondary N) is 1. The molecule has 138 valence electrons. The molecule has 1 aliphatic heterocycles. The third-order valence-electron chi connectivity index (χ3n) is 5.36. The van der Waals surface area contributed by atoms with Crippen LogP contribution in [-0.2, 0) is 22.4 Å². The van der Waals surface area contributed by atoms with Crippen LogP contribution in [-0.4, -0.2) is 34.3 Å². The molecule has 0 spiro atoms. The van der Waals surface area contributed by atoms with Gasteiger partial charge >= 0.3 is 0 Å². The molecule has 1 aromatic heterocycles. The lowest BCUT2D eigenvalue weighted by Gasteiger charge is -2.26. The van der Waals surface area contributed by atoms with Crippen molar-refractivity contribution >= 4 is 28.3 Å². The number of hydrogen-bond acceptors (Lipinski definition) is 4. The molecule has 1 aliphatic carbocycles. The van der Waals surface area contributed by atoms with Crippen LogP contribution in [0.15, 0.2) is 0 Å². The molecule has 1 unspecified atom stereocenters. The second kappa shape index (κ2) is 8.30. The maximum absolute atomic E-state index is 12.8. The Bertz CT molecular complexity index is 622. The molecular weight excluding hydrogens is 334 g/mol. The normalized spacial score (nSPS) is 21.0. The Morgan fingerprint density at radius 3 is 2.64 bits per heavy atom. The van der Waals surface area contributed by atoms with Crippen LogP contribution in [0.25, 0.3) is 0 Å². The first kappa shape index (κ1) is 18.4. The first-order valence-electron chi connectivity index (χ1n) is 9.74. The molecule has 1 saturated carbocycles. The molecule has 0 aromatic carbocycles. The predicted molar refractivity (Wildman–Crippen MR) is 101 cm³/mol. The minimum Gasteiger partial charge on any atom is -0.330 e. The van der Waals surface area contributed by atoms with Gasteiger partial charge in [-0.2, -0.15) is 0 Å². The van der Waals surface area contributed by atoms with E-state index in [-0.39, 0.29) is 23.8 Å². The molecule has 1 atom stereocenters. The minimum atomic E-state index is -0.322. The molecule has 0 bridgehead atoms. The number of aryl methyl sites for hydroxylation is 2. The molecule has 1 N–H and O–H groups in total. The van der Waals surface area contributed by atoms with Crippen molar-refractivity contribution in [2.24, 2.45) is 5.92 Å². The minimum absolute atomic E-state index is 0.0664. The van der Waals surface area contributed by atoms with Gasteiger partial charge in [0, 0.05) is 17.3 Å². The van der Waals surface area contributed by atoms with Crippen LogP contribution in [0.2, 0.25) is 0 Å². The van der Waals surface area contributed by atoms with Crippen LogP contribution in [0, 0.1) is 5.92 Å². The first-order chi connectivity index (χ1) is 12.1. The number of carbonyl (C=O) groups is 2. The van der Waals surface area contributed by atoms with Crippen molar-refractivity contribution in [1.82, 2.24) is 9.88 Å². The second-order valence-electron chi connectivity index (χ2n) is 7.15. The molecule has 1 saturated heterocycles. The second-order valence-corrected chi connectivity index (χ2v) is 8.24. The molecule has 3 rings (SSSR count). The van der Waals surface area contributed by atoms with Gasteiger partial charge in [-0.25, -0.2) is 4.98 Å². The fraction of sp³-hybridized carbons (Fsp3) is 0.737. The van der Waals surface area contributed by atoms with E-state index in [4.69, 9.17) is 0 Å². The zero-order chi connectivity index (χ0) is 17.8. The topological polar surface area (TPSA) is 62.3 Å². The number of hydrogen-bond donors (Lipinski definition) is 1. The van der Waals surface area contributed by atoms with E-state index in [2.05, 4.69) is 24.1 Å². The zero-order valence-corrected chi connectivity index (χ0v) is 16.2. The largest absolute Gasteiger partial charge is 0.330 e. The van der Waals surface area contributed by atoms with Gasteiger partial charge in [0.25, 0.3) is 0 Å². The summed E-state index contributed by atoms with van der Waals surface area (Å²) in [7, 11) is 0. The SMILES string of the molecule is CCCc1nc(NC(=O)C2CCCN2C(=O)C2CCCC2)sc1CC. The Morgan fingerprint density at radius 1 is 1.20 bits per heavy atom. The summed E-state index contributed by atoms with van der Waals surface area (Å²) in [5.74, 6) is 0.259. The fourth-order valence-corrected chi connectivity index (χ4v) is 4.99. The van der Waals surface area contributed by atoms with Crippen LogP contribution in [0.4, 0.5) is 5.13 Å². The maximum atomic E-state index is 12.8. The number of aromatic nitrogens is 1. The van der Waals surface area contributed by atoms with Gasteiger partial charge < -0.3 is 10.2 Å². The highest BCUT2D eigenvalue weighted by atomic mass is 32.1. The fourth-order valence-electron chi connectivity index (χ4n) is 4.04. The van der Waals surface area contributed by atoms with Gasteiger partial charge in [0.15, 0.2) is 5.13 Å². The van der Waals surface area contributed by atoms with E-state index >= 15 is 0 Å². The summed E-state index contributed by atoms with van der Waals surface area (Å²) in [6, 6.07) is -0.322. The number of rotatable bonds is 6. The molecule has 2 heterocycles. The van der Waals surface area contributed by atoms with E-state index in [1.165, 1.54) is 4.88 Å².